The smallest absolute Gasteiger partial charge is 0.0816 e. The average molecular weight is 322 g/mol. The van der Waals surface area contributed by atoms with Gasteiger partial charge in [-0.05, 0) is 36.3 Å². The summed E-state index contributed by atoms with van der Waals surface area (Å²) in [4.78, 5) is 2.46. The summed E-state index contributed by atoms with van der Waals surface area (Å²) in [6.45, 7) is 7.79. The van der Waals surface area contributed by atoms with Crippen molar-refractivity contribution in [2.45, 2.75) is 32.8 Å². The van der Waals surface area contributed by atoms with E-state index in [9.17, 15) is 5.11 Å². The van der Waals surface area contributed by atoms with E-state index in [-0.39, 0.29) is 0 Å². The van der Waals surface area contributed by atoms with Gasteiger partial charge < -0.3 is 10.0 Å². The van der Waals surface area contributed by atoms with E-state index in [4.69, 9.17) is 11.6 Å². The fourth-order valence-electron chi connectivity index (χ4n) is 3.69. The summed E-state index contributed by atoms with van der Waals surface area (Å²) in [5.74, 6) is 1.48. The van der Waals surface area contributed by atoms with E-state index in [0.717, 1.165) is 47.9 Å². The average Bonchev–Trinajstić information content (AvgIpc) is 2.93. The van der Waals surface area contributed by atoms with Gasteiger partial charge in [-0.1, -0.05) is 31.5 Å². The molecule has 2 N–H and O–H groups in total. The number of hydrogen-bond donors (Lipinski definition) is 2. The first-order chi connectivity index (χ1) is 10.5. The Hall–Kier alpha value is -1.10. The molecule has 0 bridgehead atoms. The number of aromatic nitrogens is 2. The molecule has 2 aromatic rings. The molecule has 1 saturated heterocycles. The molecule has 2 heterocycles. The lowest BCUT2D eigenvalue weighted by Gasteiger charge is -2.35. The summed E-state index contributed by atoms with van der Waals surface area (Å²) < 4.78 is 0. The van der Waals surface area contributed by atoms with Gasteiger partial charge in [0, 0.05) is 25.0 Å². The van der Waals surface area contributed by atoms with E-state index in [1.807, 2.05) is 12.1 Å². The maximum atomic E-state index is 10.5. The molecule has 4 nitrogen and oxygen atoms in total. The molecule has 0 radical (unpaired) electrons. The van der Waals surface area contributed by atoms with Crippen molar-refractivity contribution < 1.29 is 5.11 Å². The lowest BCUT2D eigenvalue weighted by molar-refractivity contribution is 0.103. The van der Waals surface area contributed by atoms with Crippen LogP contribution >= 0.6 is 11.6 Å². The van der Waals surface area contributed by atoms with E-state index in [0.29, 0.717) is 11.4 Å². The molecule has 120 valence electrons. The van der Waals surface area contributed by atoms with Crippen molar-refractivity contribution in [2.75, 3.05) is 19.6 Å². The quantitative estimate of drug-likeness (QED) is 0.904. The van der Waals surface area contributed by atoms with Crippen LogP contribution in [-0.2, 0) is 0 Å². The number of aliphatic hydroxyl groups is 1. The number of piperidine rings is 1. The SMILES string of the molecule is CC1CC(C)CN(CCC(O)c2ccc3[nH]ncc3c2Cl)C1. The summed E-state index contributed by atoms with van der Waals surface area (Å²) in [6, 6.07) is 3.83. The van der Waals surface area contributed by atoms with Crippen LogP contribution in [0.1, 0.15) is 38.4 Å². The van der Waals surface area contributed by atoms with Gasteiger partial charge >= 0.3 is 0 Å². The molecular formula is C17H24ClN3O. The van der Waals surface area contributed by atoms with Crippen LogP contribution in [0.4, 0.5) is 0 Å². The number of aliphatic hydroxyl groups excluding tert-OH is 1. The Kier molecular flexibility index (Phi) is 4.71. The van der Waals surface area contributed by atoms with Crippen LogP contribution in [0.15, 0.2) is 18.3 Å². The van der Waals surface area contributed by atoms with Crippen molar-refractivity contribution >= 4 is 22.5 Å². The zero-order valence-electron chi connectivity index (χ0n) is 13.2. The number of likely N-dealkylation sites (tertiary alicyclic amines) is 1. The molecule has 3 unspecified atom stereocenters. The second-order valence-electron chi connectivity index (χ2n) is 6.81. The molecular weight excluding hydrogens is 298 g/mol. The van der Waals surface area contributed by atoms with Crippen molar-refractivity contribution in [2.24, 2.45) is 11.8 Å². The molecule has 0 spiro atoms. The standard InChI is InChI=1S/C17H24ClN3O/c1-11-7-12(2)10-21(9-11)6-5-16(22)13-3-4-15-14(17(13)18)8-19-20-15/h3-4,8,11-12,16,22H,5-7,9-10H2,1-2H3,(H,19,20). The summed E-state index contributed by atoms with van der Waals surface area (Å²) in [6.07, 6.45) is 3.20. The minimum absolute atomic E-state index is 0.528. The maximum Gasteiger partial charge on any atom is 0.0816 e. The van der Waals surface area contributed by atoms with Crippen LogP contribution in [-0.4, -0.2) is 39.8 Å². The van der Waals surface area contributed by atoms with Crippen molar-refractivity contribution in [1.82, 2.24) is 15.1 Å². The van der Waals surface area contributed by atoms with Gasteiger partial charge in [-0.2, -0.15) is 5.10 Å². The molecule has 3 rings (SSSR count). The number of nitrogens with one attached hydrogen (secondary N) is 1. The van der Waals surface area contributed by atoms with Crippen molar-refractivity contribution in [3.63, 3.8) is 0 Å². The van der Waals surface area contributed by atoms with Crippen LogP contribution < -0.4 is 0 Å². The molecule has 1 fully saturated rings. The van der Waals surface area contributed by atoms with Crippen LogP contribution in [0, 0.1) is 11.8 Å². The van der Waals surface area contributed by atoms with E-state index < -0.39 is 6.10 Å². The third-order valence-electron chi connectivity index (χ3n) is 4.61. The van der Waals surface area contributed by atoms with Gasteiger partial charge in [-0.25, -0.2) is 0 Å². The number of rotatable bonds is 4. The Labute approximate surface area is 136 Å². The highest BCUT2D eigenvalue weighted by Crippen LogP contribution is 2.32. The molecule has 3 atom stereocenters. The molecule has 0 amide bonds. The Morgan fingerprint density at radius 1 is 1.36 bits per heavy atom. The normalized spacial score (nSPS) is 24.7. The first-order valence-electron chi connectivity index (χ1n) is 8.06. The molecule has 0 aliphatic carbocycles. The second kappa shape index (κ2) is 6.57. The Morgan fingerprint density at radius 2 is 2.09 bits per heavy atom. The minimum atomic E-state index is -0.528. The number of benzene rings is 1. The molecule has 1 aliphatic rings. The zero-order valence-corrected chi connectivity index (χ0v) is 14.0. The topological polar surface area (TPSA) is 52.1 Å². The molecule has 1 aromatic carbocycles. The number of halogens is 1. The number of H-pyrrole nitrogens is 1. The largest absolute Gasteiger partial charge is 0.388 e. The maximum absolute atomic E-state index is 10.5. The highest BCUT2D eigenvalue weighted by molar-refractivity contribution is 6.36. The minimum Gasteiger partial charge on any atom is -0.388 e. The van der Waals surface area contributed by atoms with Gasteiger partial charge in [-0.3, -0.25) is 5.10 Å². The molecule has 22 heavy (non-hydrogen) atoms. The summed E-state index contributed by atoms with van der Waals surface area (Å²) >= 11 is 6.41. The number of nitrogens with zero attached hydrogens (tertiary/aromatic N) is 2. The number of aromatic amines is 1. The first kappa shape index (κ1) is 15.8. The van der Waals surface area contributed by atoms with Gasteiger partial charge in [0.2, 0.25) is 0 Å². The van der Waals surface area contributed by atoms with Crippen molar-refractivity contribution in [3.05, 3.63) is 28.9 Å². The highest BCUT2D eigenvalue weighted by Gasteiger charge is 2.23. The van der Waals surface area contributed by atoms with E-state index >= 15 is 0 Å². The third kappa shape index (κ3) is 3.29. The van der Waals surface area contributed by atoms with E-state index in [1.165, 1.54) is 6.42 Å². The van der Waals surface area contributed by atoms with Crippen molar-refractivity contribution in [3.8, 4) is 0 Å². The van der Waals surface area contributed by atoms with Gasteiger partial charge in [0.15, 0.2) is 0 Å². The van der Waals surface area contributed by atoms with Crippen LogP contribution in [0.25, 0.3) is 10.9 Å². The molecule has 5 heteroatoms. The Bertz CT molecular complexity index is 632. The molecule has 1 aliphatic heterocycles. The highest BCUT2D eigenvalue weighted by atomic mass is 35.5. The predicted octanol–water partition coefficient (Wildman–Crippen LogP) is 3.62. The fourth-order valence-corrected chi connectivity index (χ4v) is 4.03. The summed E-state index contributed by atoms with van der Waals surface area (Å²) in [7, 11) is 0. The summed E-state index contributed by atoms with van der Waals surface area (Å²) in [5, 5.41) is 18.9. The third-order valence-corrected chi connectivity index (χ3v) is 5.03. The summed E-state index contributed by atoms with van der Waals surface area (Å²) in [5.41, 5.74) is 1.70. The number of fused-ring (bicyclic) bond motifs is 1. The molecule has 0 saturated carbocycles. The lowest BCUT2D eigenvalue weighted by Crippen LogP contribution is -2.39. The van der Waals surface area contributed by atoms with Gasteiger partial charge in [-0.15, -0.1) is 0 Å². The lowest BCUT2D eigenvalue weighted by atomic mass is 9.91. The second-order valence-corrected chi connectivity index (χ2v) is 7.19. The zero-order chi connectivity index (χ0) is 15.7. The van der Waals surface area contributed by atoms with Crippen LogP contribution in [0.5, 0.6) is 0 Å². The van der Waals surface area contributed by atoms with Crippen LogP contribution in [0.2, 0.25) is 5.02 Å². The van der Waals surface area contributed by atoms with Gasteiger partial charge in [0.25, 0.3) is 0 Å². The molecule has 1 aromatic heterocycles. The number of hydrogen-bond acceptors (Lipinski definition) is 3. The Balaban J connectivity index is 1.65. The van der Waals surface area contributed by atoms with E-state index in [1.54, 1.807) is 6.20 Å². The van der Waals surface area contributed by atoms with E-state index in [2.05, 4.69) is 28.9 Å². The first-order valence-corrected chi connectivity index (χ1v) is 8.44. The predicted molar refractivity (Wildman–Crippen MR) is 90.1 cm³/mol. The van der Waals surface area contributed by atoms with Crippen LogP contribution in [0.3, 0.4) is 0 Å². The van der Waals surface area contributed by atoms with Gasteiger partial charge in [0.1, 0.15) is 0 Å². The monoisotopic (exact) mass is 321 g/mol. The van der Waals surface area contributed by atoms with Gasteiger partial charge in [0.05, 0.1) is 22.8 Å². The Morgan fingerprint density at radius 3 is 2.82 bits per heavy atom. The van der Waals surface area contributed by atoms with Crippen molar-refractivity contribution in [1.29, 1.82) is 0 Å². The fraction of sp³-hybridized carbons (Fsp3) is 0.588.